The van der Waals surface area contributed by atoms with Gasteiger partial charge in [0, 0.05) is 11.1 Å². The first kappa shape index (κ1) is 16.7. The van der Waals surface area contributed by atoms with Gasteiger partial charge < -0.3 is 4.74 Å². The summed E-state index contributed by atoms with van der Waals surface area (Å²) in [5, 5.41) is 11.0. The van der Waals surface area contributed by atoms with Gasteiger partial charge in [0.15, 0.2) is 0 Å². The molecule has 1 amide bonds. The molecule has 1 aliphatic rings. The maximum absolute atomic E-state index is 12.5. The Kier molecular flexibility index (Phi) is 4.79. The molecule has 1 heterocycles. The zero-order chi connectivity index (χ0) is 17.8. The van der Waals surface area contributed by atoms with Crippen LogP contribution in [0.15, 0.2) is 66.4 Å². The van der Waals surface area contributed by atoms with Crippen LogP contribution in [0.1, 0.15) is 24.0 Å². The minimum atomic E-state index is -0.504. The van der Waals surface area contributed by atoms with Crippen molar-refractivity contribution < 1.29 is 14.5 Å². The monoisotopic (exact) mass is 338 g/mol. The number of rotatable bonds is 4. The van der Waals surface area contributed by atoms with E-state index >= 15 is 0 Å². The number of carbonyl (C=O) groups excluding carboxylic acids is 1. The fourth-order valence-corrected chi connectivity index (χ4v) is 2.94. The molecule has 0 aromatic heterocycles. The summed E-state index contributed by atoms with van der Waals surface area (Å²) in [6.07, 6.45) is 1.12. The van der Waals surface area contributed by atoms with E-state index in [1.165, 1.54) is 4.90 Å². The van der Waals surface area contributed by atoms with Crippen LogP contribution in [-0.4, -0.2) is 17.6 Å². The minimum Gasteiger partial charge on any atom is -0.444 e. The molecular weight excluding hydrogens is 320 g/mol. The van der Waals surface area contributed by atoms with Gasteiger partial charge in [0.05, 0.1) is 11.6 Å². The van der Waals surface area contributed by atoms with Gasteiger partial charge >= 0.3 is 6.09 Å². The Hall–Kier alpha value is -3.15. The fraction of sp³-hybridized carbons (Fsp3) is 0.211. The van der Waals surface area contributed by atoms with Crippen LogP contribution in [0.5, 0.6) is 0 Å². The predicted octanol–water partition coefficient (Wildman–Crippen LogP) is 4.11. The molecular formula is C19H18N2O4. The molecule has 25 heavy (non-hydrogen) atoms. The summed E-state index contributed by atoms with van der Waals surface area (Å²) in [4.78, 5) is 24.6. The average Bonchev–Trinajstić information content (AvgIpc) is 2.62. The number of ether oxygens (including phenoxy) is 1. The number of nitro groups is 1. The third-order valence-corrected chi connectivity index (χ3v) is 4.19. The number of nitrogens with zero attached hydrogens (tertiary/aromatic N) is 2. The molecule has 1 atom stereocenters. The third kappa shape index (κ3) is 3.68. The summed E-state index contributed by atoms with van der Waals surface area (Å²) < 4.78 is 5.40. The largest absolute Gasteiger partial charge is 0.444 e. The SMILES string of the molecule is CC1=CN(C(=O)OCc2ccccc2)c2ccccc2[C@H]1C[N+](=O)[O-]. The van der Waals surface area contributed by atoms with Crippen LogP contribution in [0.4, 0.5) is 10.5 Å². The van der Waals surface area contributed by atoms with Crippen LogP contribution in [0, 0.1) is 10.1 Å². The van der Waals surface area contributed by atoms with Gasteiger partial charge in [-0.3, -0.25) is 15.0 Å². The van der Waals surface area contributed by atoms with Crippen molar-refractivity contribution in [2.75, 3.05) is 11.4 Å². The Morgan fingerprint density at radius 1 is 1.16 bits per heavy atom. The van der Waals surface area contributed by atoms with Crippen LogP contribution in [0.25, 0.3) is 0 Å². The maximum Gasteiger partial charge on any atom is 0.418 e. The van der Waals surface area contributed by atoms with Gasteiger partial charge in [-0.2, -0.15) is 0 Å². The van der Waals surface area contributed by atoms with Crippen LogP contribution in [0.3, 0.4) is 0 Å². The number of fused-ring (bicyclic) bond motifs is 1. The molecule has 3 rings (SSSR count). The van der Waals surface area contributed by atoms with Gasteiger partial charge in [0.25, 0.3) is 0 Å². The molecule has 1 aliphatic heterocycles. The van der Waals surface area contributed by atoms with E-state index in [0.717, 1.165) is 16.7 Å². The van der Waals surface area contributed by atoms with E-state index in [1.807, 2.05) is 42.5 Å². The highest BCUT2D eigenvalue weighted by molar-refractivity contribution is 5.92. The lowest BCUT2D eigenvalue weighted by Crippen LogP contribution is -2.32. The molecule has 0 fully saturated rings. The Bertz CT molecular complexity index is 817. The molecule has 0 aliphatic carbocycles. The lowest BCUT2D eigenvalue weighted by Gasteiger charge is -2.30. The zero-order valence-corrected chi connectivity index (χ0v) is 13.8. The number of benzene rings is 2. The molecule has 0 bridgehead atoms. The van der Waals surface area contributed by atoms with Gasteiger partial charge in [-0.25, -0.2) is 4.79 Å². The normalized spacial score (nSPS) is 16.0. The quantitative estimate of drug-likeness (QED) is 0.621. The highest BCUT2D eigenvalue weighted by Gasteiger charge is 2.31. The van der Waals surface area contributed by atoms with E-state index in [2.05, 4.69) is 0 Å². The molecule has 0 unspecified atom stereocenters. The van der Waals surface area contributed by atoms with Crippen molar-refractivity contribution in [3.63, 3.8) is 0 Å². The maximum atomic E-state index is 12.5. The first-order chi connectivity index (χ1) is 12.1. The van der Waals surface area contributed by atoms with Crippen LogP contribution >= 0.6 is 0 Å². The second kappa shape index (κ2) is 7.17. The topological polar surface area (TPSA) is 72.7 Å². The fourth-order valence-electron chi connectivity index (χ4n) is 2.94. The van der Waals surface area contributed by atoms with Gasteiger partial charge in [0.1, 0.15) is 6.61 Å². The summed E-state index contributed by atoms with van der Waals surface area (Å²) in [7, 11) is 0. The zero-order valence-electron chi connectivity index (χ0n) is 13.8. The van der Waals surface area contributed by atoms with Gasteiger partial charge in [-0.1, -0.05) is 48.5 Å². The highest BCUT2D eigenvalue weighted by Crippen LogP contribution is 2.37. The van der Waals surface area contributed by atoms with E-state index in [-0.39, 0.29) is 24.0 Å². The second-order valence-corrected chi connectivity index (χ2v) is 5.91. The Morgan fingerprint density at radius 3 is 2.56 bits per heavy atom. The molecule has 128 valence electrons. The summed E-state index contributed by atoms with van der Waals surface area (Å²) in [6.45, 7) is 1.76. The highest BCUT2D eigenvalue weighted by atomic mass is 16.6. The Balaban J connectivity index is 1.83. The standard InChI is InChI=1S/C19H18N2O4/c1-14-11-20(19(22)25-13-15-7-3-2-4-8-15)18-10-6-5-9-16(18)17(14)12-21(23)24/h2-11,17H,12-13H2,1H3/t17-/m0/s1. The van der Waals surface area contributed by atoms with E-state index in [9.17, 15) is 14.9 Å². The third-order valence-electron chi connectivity index (χ3n) is 4.19. The van der Waals surface area contributed by atoms with Crippen molar-refractivity contribution in [1.82, 2.24) is 0 Å². The van der Waals surface area contributed by atoms with Crippen molar-refractivity contribution in [3.8, 4) is 0 Å². The van der Waals surface area contributed by atoms with Gasteiger partial charge in [0.2, 0.25) is 6.54 Å². The van der Waals surface area contributed by atoms with Crippen molar-refractivity contribution in [2.24, 2.45) is 0 Å². The minimum absolute atomic E-state index is 0.170. The molecule has 0 radical (unpaired) electrons. The number of para-hydroxylation sites is 1. The summed E-state index contributed by atoms with van der Waals surface area (Å²) in [6, 6.07) is 16.6. The second-order valence-electron chi connectivity index (χ2n) is 5.91. The summed E-state index contributed by atoms with van der Waals surface area (Å²) in [5.41, 5.74) is 3.04. The van der Waals surface area contributed by atoms with Crippen molar-refractivity contribution in [2.45, 2.75) is 19.4 Å². The Morgan fingerprint density at radius 2 is 1.84 bits per heavy atom. The molecule has 0 saturated heterocycles. The first-order valence-electron chi connectivity index (χ1n) is 7.95. The van der Waals surface area contributed by atoms with E-state index < -0.39 is 6.09 Å². The molecule has 0 N–H and O–H groups in total. The molecule has 6 heteroatoms. The van der Waals surface area contributed by atoms with E-state index in [1.54, 1.807) is 25.3 Å². The molecule has 0 spiro atoms. The predicted molar refractivity (Wildman–Crippen MR) is 93.9 cm³/mol. The Labute approximate surface area is 145 Å². The number of amides is 1. The summed E-state index contributed by atoms with van der Waals surface area (Å²) in [5.74, 6) is -0.343. The van der Waals surface area contributed by atoms with E-state index in [4.69, 9.17) is 4.74 Å². The van der Waals surface area contributed by atoms with Gasteiger partial charge in [-0.15, -0.1) is 0 Å². The van der Waals surface area contributed by atoms with E-state index in [0.29, 0.717) is 5.69 Å². The smallest absolute Gasteiger partial charge is 0.418 e. The summed E-state index contributed by atoms with van der Waals surface area (Å²) >= 11 is 0. The molecule has 0 saturated carbocycles. The average molecular weight is 338 g/mol. The van der Waals surface area contributed by atoms with Crippen LogP contribution in [0.2, 0.25) is 0 Å². The molecule has 2 aromatic carbocycles. The van der Waals surface area contributed by atoms with Crippen molar-refractivity contribution in [3.05, 3.63) is 87.6 Å². The lowest BCUT2D eigenvalue weighted by molar-refractivity contribution is -0.482. The number of hydrogen-bond acceptors (Lipinski definition) is 4. The van der Waals surface area contributed by atoms with Crippen LogP contribution < -0.4 is 4.90 Å². The number of anilines is 1. The van der Waals surface area contributed by atoms with Gasteiger partial charge in [-0.05, 0) is 29.7 Å². The molecule has 2 aromatic rings. The number of hydrogen-bond donors (Lipinski definition) is 0. The number of carbonyl (C=O) groups is 1. The van der Waals surface area contributed by atoms with Crippen molar-refractivity contribution >= 4 is 11.8 Å². The van der Waals surface area contributed by atoms with Crippen LogP contribution in [-0.2, 0) is 11.3 Å². The first-order valence-corrected chi connectivity index (χ1v) is 7.95. The molecule has 6 nitrogen and oxygen atoms in total. The van der Waals surface area contributed by atoms with Crippen molar-refractivity contribution in [1.29, 1.82) is 0 Å². The lowest BCUT2D eigenvalue weighted by atomic mass is 9.88.